The lowest BCUT2D eigenvalue weighted by molar-refractivity contribution is -0.142. The van der Waals surface area contributed by atoms with Gasteiger partial charge in [-0.25, -0.2) is 9.59 Å². The van der Waals surface area contributed by atoms with Crippen molar-refractivity contribution in [1.29, 1.82) is 0 Å². The summed E-state index contributed by atoms with van der Waals surface area (Å²) in [6.07, 6.45) is 25.5. The quantitative estimate of drug-likeness (QED) is 0.00902. The zero-order chi connectivity index (χ0) is 101. The molecule has 0 spiro atoms. The first-order valence-corrected chi connectivity index (χ1v) is 65.1. The molecular weight excluding hydrogens is 1900 g/mol. The van der Waals surface area contributed by atoms with Crippen LogP contribution in [0.5, 0.6) is 17.2 Å². The van der Waals surface area contributed by atoms with Crippen LogP contribution in [0.1, 0.15) is 236 Å². The number of hydrogen-bond acceptors (Lipinski definition) is 24. The molecule has 4 aliphatic heterocycles. The van der Waals surface area contributed by atoms with Crippen LogP contribution in [0.4, 0.5) is 0 Å². The summed E-state index contributed by atoms with van der Waals surface area (Å²) < 4.78 is 63.9. The number of unbranched alkanes of at least 4 members (excludes halogenated alkanes) is 7. The molecule has 19 unspecified atom stereocenters. The Kier molecular flexibility index (Phi) is 48.7. The first kappa shape index (κ1) is 117. The van der Waals surface area contributed by atoms with Gasteiger partial charge >= 0.3 is 76.7 Å². The lowest BCUT2D eigenvalue weighted by Gasteiger charge is -2.36. The van der Waals surface area contributed by atoms with E-state index in [0.29, 0.717) is 84.5 Å². The summed E-state index contributed by atoms with van der Waals surface area (Å²) in [7, 11) is -17.6. The number of esters is 2. The number of fused-ring (bicyclic) bond motifs is 15. The first-order valence-electron chi connectivity index (χ1n) is 51.2. The molecule has 28 nitrogen and oxygen atoms in total. The number of imide groups is 3. The number of hydrogen-bond donors (Lipinski definition) is 5. The highest BCUT2D eigenvalue weighted by atomic mass is 28.5. The number of carbonyl (C=O) groups is 8. The molecule has 4 heterocycles. The molecule has 6 aliphatic carbocycles. The second-order valence-electron chi connectivity index (χ2n) is 42.1. The molecular formula is C103H165N3O25Si8. The van der Waals surface area contributed by atoms with E-state index in [-0.39, 0.29) is 151 Å². The molecule has 4 aromatic carbocycles. The minimum absolute atomic E-state index is 0. The van der Waals surface area contributed by atoms with Gasteiger partial charge in [0.25, 0.3) is 0 Å². The molecule has 4 aromatic rings. The van der Waals surface area contributed by atoms with Crippen LogP contribution in [0.3, 0.4) is 0 Å². The number of allylic oxidation sites excluding steroid dienone is 6. The number of benzene rings is 4. The van der Waals surface area contributed by atoms with Gasteiger partial charge in [0, 0.05) is 12.6 Å². The normalized spacial score (nSPS) is 25.5. The van der Waals surface area contributed by atoms with Crippen LogP contribution in [-0.2, 0) is 76.1 Å². The molecule has 7 fully saturated rings. The van der Waals surface area contributed by atoms with Gasteiger partial charge in [-0.15, -0.1) is 0 Å². The Balaban J connectivity index is 0.000000223. The third kappa shape index (κ3) is 35.5. The van der Waals surface area contributed by atoms with Crippen molar-refractivity contribution in [1.82, 2.24) is 14.7 Å². The van der Waals surface area contributed by atoms with Gasteiger partial charge in [-0.05, 0) is 218 Å². The van der Waals surface area contributed by atoms with Crippen molar-refractivity contribution in [3.8, 4) is 17.2 Å². The van der Waals surface area contributed by atoms with Crippen molar-refractivity contribution in [3.05, 3.63) is 160 Å². The number of amides is 6. The fourth-order valence-electron chi connectivity index (χ4n) is 19.9. The molecule has 14 rings (SSSR count). The maximum atomic E-state index is 13.0. The van der Waals surface area contributed by atoms with Crippen LogP contribution < -0.4 is 14.2 Å². The van der Waals surface area contributed by atoms with E-state index < -0.39 is 86.5 Å². The lowest BCUT2D eigenvalue weighted by atomic mass is 9.85. The average molecular weight is 2070 g/mol. The molecule has 19 atom stereocenters. The third-order valence-corrected chi connectivity index (χ3v) is 49.8. The van der Waals surface area contributed by atoms with Gasteiger partial charge in [-0.2, -0.15) is 0 Å². The lowest BCUT2D eigenvalue weighted by Crippen LogP contribution is -2.57. The number of carbonyl (C=O) groups excluding carboxylic acids is 8. The molecule has 0 radical (unpaired) electrons. The van der Waals surface area contributed by atoms with Crippen LogP contribution in [0.25, 0.3) is 0 Å². The van der Waals surface area contributed by atoms with E-state index in [9.17, 15) is 62.3 Å². The molecule has 0 aromatic heterocycles. The number of aryl methyl sites for hydroxylation is 3. The molecule has 7 N–H and O–H groups in total. The van der Waals surface area contributed by atoms with E-state index in [1.54, 1.807) is 24.3 Å². The predicted octanol–water partition coefficient (Wildman–Crippen LogP) is 14.2. The van der Waals surface area contributed by atoms with Crippen molar-refractivity contribution < 1.29 is 116 Å². The van der Waals surface area contributed by atoms with Gasteiger partial charge < -0.3 is 77.8 Å². The zero-order valence-electron chi connectivity index (χ0n) is 86.1. The Bertz CT molecular complexity index is 4520. The molecule has 4 saturated heterocycles. The summed E-state index contributed by atoms with van der Waals surface area (Å²) in [6.45, 7) is 41.3. The fourth-order valence-corrected chi connectivity index (χ4v) is 40.4. The molecule has 6 bridgehead atoms. The van der Waals surface area contributed by atoms with Crippen LogP contribution in [0.15, 0.2) is 121 Å². The summed E-state index contributed by atoms with van der Waals surface area (Å²) in [4.78, 5) is 157. The molecule has 3 saturated carbocycles. The minimum Gasteiger partial charge on any atom is -0.493 e. The SMILES string of the molecule is CC(C)C.CC(C)C[SiH2]O[SiH](O)CC(C)C.CC(C)C[SiH](O)O[SiH](O)CC(C)C.CC(C)C[SiH]1O[SiH](O)O[Si](O)(CCCN2C(=O)C3C4C=CC(C4)C3C2=O)O[SiH](CC(C)C)O1.CCCCCCCCCCOc1c(C)cc(C(=O)OCCN2C(=O)C3C4C=CC(C4)C3C2=O)cc1C.Cc1cc(C(=O)OCCN2C(=O)C3C4C=CC(C4)C3C2=O)cc(OCc2ccccc2)c1OCc1ccccc1.O. The van der Waals surface area contributed by atoms with Gasteiger partial charge in [0.05, 0.1) is 66.3 Å². The van der Waals surface area contributed by atoms with Gasteiger partial charge in [0.1, 0.15) is 41.9 Å². The van der Waals surface area contributed by atoms with E-state index in [2.05, 4.69) is 147 Å². The monoisotopic (exact) mass is 2070 g/mol. The summed E-state index contributed by atoms with van der Waals surface area (Å²) in [5.74, 6) is 3.56. The third-order valence-electron chi connectivity index (χ3n) is 26.4. The van der Waals surface area contributed by atoms with E-state index in [1.807, 2.05) is 81.4 Å². The van der Waals surface area contributed by atoms with Crippen LogP contribution >= 0.6 is 0 Å². The summed E-state index contributed by atoms with van der Waals surface area (Å²) >= 11 is 0. The van der Waals surface area contributed by atoms with E-state index in [1.165, 1.54) is 65.7 Å². The van der Waals surface area contributed by atoms with E-state index >= 15 is 0 Å². The van der Waals surface area contributed by atoms with Crippen molar-refractivity contribution >= 4 is 122 Å². The zero-order valence-corrected chi connectivity index (χ0v) is 95.5. The Morgan fingerprint density at radius 3 is 1.23 bits per heavy atom. The highest BCUT2D eigenvalue weighted by Gasteiger charge is 2.62. The highest BCUT2D eigenvalue weighted by molar-refractivity contribution is 6.77. The van der Waals surface area contributed by atoms with E-state index in [0.717, 1.165) is 95.3 Å². The number of rotatable bonds is 44. The Labute approximate surface area is 841 Å². The Hall–Kier alpha value is -6.88. The van der Waals surface area contributed by atoms with Crippen molar-refractivity contribution in [2.45, 2.75) is 264 Å². The van der Waals surface area contributed by atoms with Crippen LogP contribution in [0.2, 0.25) is 42.3 Å². The standard InChI is InChI=1S/C33H31NO6.C30H41NO5.C20H37NO8Si4.C8H22O3Si2.C8H22O2Si2.C4H10.H2O/c1-21-16-26(33(37)38-15-14-34-31(35)28-24-12-13-25(17-24)29(28)32(34)36)18-27(39-19-22-8-4-2-5-9-22)30(21)40-20-23-10-6-3-7-11-23;1-4-5-6-7-8-9-10-11-15-35-27-20(2)17-24(18-21(27)3)30(34)36-16-14-31-28(32)25-22-12-13-23(19-22)26(25)29(31)33;1-13(2)11-30-26-31(12-14(3)4)28-33(25,29-32(24)27-30)9-5-8-21-19(22)17-15-6-7-16(10-15)18(17)20(21)23;1-7(2)5-12(9)11-13(10)6-8(3)4;1-7(2)5-11-10-12(9)6-8(3)4;1-4(2)3;/h2-13,16,18,24-25,28-29H,14-15,17,19-20H2,1H3;12-13,17-18,22-23,25-26H,4-11,14-16,19H2,1-3H3;6-7,13-18,24-25,30-32H,5,8-12H2,1-4H3;7-10,12-13H,5-6H2,1-4H3;7-9,12H,5-6,11H2,1-4H3;4H,1-3H3;1H2. The topological polar surface area (TPSA) is 380 Å². The molecule has 6 amide bonds. The fraction of sp³-hybridized carbons (Fsp3) is 0.631. The minimum atomic E-state index is -3.76. The molecule has 10 aliphatic rings. The van der Waals surface area contributed by atoms with Gasteiger partial charge in [0.15, 0.2) is 11.5 Å². The molecule has 774 valence electrons. The molecule has 36 heteroatoms. The van der Waals surface area contributed by atoms with E-state index in [4.69, 9.17) is 48.4 Å². The van der Waals surface area contributed by atoms with Crippen LogP contribution in [0, 0.1) is 133 Å². The van der Waals surface area contributed by atoms with Crippen molar-refractivity contribution in [3.63, 3.8) is 0 Å². The second kappa shape index (κ2) is 57.7. The maximum absolute atomic E-state index is 13.0. The number of likely N-dealkylation sites (tertiary alicyclic amines) is 3. The average Bonchev–Trinajstić information content (AvgIpc) is 1.58. The second-order valence-corrected chi connectivity index (χ2v) is 58.9. The Morgan fingerprint density at radius 1 is 0.453 bits per heavy atom. The van der Waals surface area contributed by atoms with Crippen molar-refractivity contribution in [2.24, 2.45) is 112 Å². The maximum Gasteiger partial charge on any atom is 0.481 e. The Morgan fingerprint density at radius 2 is 0.827 bits per heavy atom. The first-order chi connectivity index (χ1) is 65.6. The highest BCUT2D eigenvalue weighted by Crippen LogP contribution is 2.55. The number of ether oxygens (including phenoxy) is 5. The molecule has 139 heavy (non-hydrogen) atoms. The number of nitrogens with zero attached hydrogens (tertiary/aromatic N) is 3. The van der Waals surface area contributed by atoms with Gasteiger partial charge in [-0.1, -0.05) is 253 Å². The smallest absolute Gasteiger partial charge is 0.481 e. The summed E-state index contributed by atoms with van der Waals surface area (Å²) in [6, 6.07) is 31.7. The summed E-state index contributed by atoms with van der Waals surface area (Å²) in [5, 5.41) is 0. The van der Waals surface area contributed by atoms with Gasteiger partial charge in [0.2, 0.25) is 35.4 Å². The van der Waals surface area contributed by atoms with Gasteiger partial charge in [-0.3, -0.25) is 43.5 Å². The van der Waals surface area contributed by atoms with Crippen LogP contribution in [-0.4, -0.2) is 206 Å². The predicted molar refractivity (Wildman–Crippen MR) is 557 cm³/mol. The summed E-state index contributed by atoms with van der Waals surface area (Å²) in [5.41, 5.74) is 5.31. The van der Waals surface area contributed by atoms with Crippen molar-refractivity contribution in [2.75, 3.05) is 39.5 Å². The largest absolute Gasteiger partial charge is 0.493 e.